The Kier molecular flexibility index (Phi) is 5.07. The highest BCUT2D eigenvalue weighted by atomic mass is 16.5. The molecule has 0 spiro atoms. The second-order valence-corrected chi connectivity index (χ2v) is 5.88. The molecule has 1 saturated heterocycles. The van der Waals surface area contributed by atoms with E-state index in [1.807, 2.05) is 4.90 Å². The molecule has 1 aliphatic rings. The first-order valence-electron chi connectivity index (χ1n) is 7.32. The number of hydrogen-bond donors (Lipinski definition) is 1. The summed E-state index contributed by atoms with van der Waals surface area (Å²) in [5.41, 5.74) is 0.320. The molecule has 116 valence electrons. The Morgan fingerprint density at radius 3 is 2.62 bits per heavy atom. The summed E-state index contributed by atoms with van der Waals surface area (Å²) in [6.07, 6.45) is 2.02. The SMILES string of the molecule is COc1ccc(O)c(C(=O)N2CCC(CN(C)C)CC2)c1. The first kappa shape index (κ1) is 15.6. The van der Waals surface area contributed by atoms with Gasteiger partial charge in [-0.3, -0.25) is 4.79 Å². The van der Waals surface area contributed by atoms with Crippen molar-refractivity contribution < 1.29 is 14.6 Å². The van der Waals surface area contributed by atoms with Gasteiger partial charge in [-0.15, -0.1) is 0 Å². The van der Waals surface area contributed by atoms with E-state index in [2.05, 4.69) is 19.0 Å². The molecule has 1 aromatic carbocycles. The molecule has 0 unspecified atom stereocenters. The lowest BCUT2D eigenvalue weighted by Crippen LogP contribution is -2.40. The topological polar surface area (TPSA) is 53.0 Å². The Morgan fingerprint density at radius 1 is 1.38 bits per heavy atom. The third-order valence-corrected chi connectivity index (χ3v) is 3.96. The fraction of sp³-hybridized carbons (Fsp3) is 0.562. The predicted molar refractivity (Wildman–Crippen MR) is 81.8 cm³/mol. The lowest BCUT2D eigenvalue weighted by Gasteiger charge is -2.33. The molecule has 1 amide bonds. The van der Waals surface area contributed by atoms with Crippen LogP contribution >= 0.6 is 0 Å². The average Bonchev–Trinajstić information content (AvgIpc) is 2.47. The number of benzene rings is 1. The van der Waals surface area contributed by atoms with E-state index in [1.165, 1.54) is 6.07 Å². The molecule has 0 aliphatic carbocycles. The van der Waals surface area contributed by atoms with Gasteiger partial charge in [-0.05, 0) is 51.1 Å². The largest absolute Gasteiger partial charge is 0.507 e. The molecule has 1 fully saturated rings. The number of piperidine rings is 1. The molecule has 5 nitrogen and oxygen atoms in total. The zero-order valence-corrected chi connectivity index (χ0v) is 13.0. The van der Waals surface area contributed by atoms with Crippen LogP contribution in [0, 0.1) is 5.92 Å². The van der Waals surface area contributed by atoms with Gasteiger partial charge in [-0.1, -0.05) is 0 Å². The zero-order valence-electron chi connectivity index (χ0n) is 13.0. The average molecular weight is 292 g/mol. The number of phenolic OH excluding ortho intramolecular Hbond substituents is 1. The van der Waals surface area contributed by atoms with Crippen molar-refractivity contribution in [2.75, 3.05) is 40.8 Å². The quantitative estimate of drug-likeness (QED) is 0.919. The lowest BCUT2D eigenvalue weighted by molar-refractivity contribution is 0.0674. The number of hydrogen-bond acceptors (Lipinski definition) is 4. The zero-order chi connectivity index (χ0) is 15.4. The Balaban J connectivity index is 2.02. The third kappa shape index (κ3) is 3.88. The number of phenols is 1. The molecule has 0 atom stereocenters. The predicted octanol–water partition coefficient (Wildman–Crippen LogP) is 1.81. The van der Waals surface area contributed by atoms with Gasteiger partial charge in [0.25, 0.3) is 5.91 Å². The van der Waals surface area contributed by atoms with Gasteiger partial charge in [0.2, 0.25) is 0 Å². The highest BCUT2D eigenvalue weighted by Gasteiger charge is 2.25. The normalized spacial score (nSPS) is 16.3. The number of carbonyl (C=O) groups excluding carboxylic acids is 1. The number of rotatable bonds is 4. The van der Waals surface area contributed by atoms with E-state index in [0.29, 0.717) is 17.2 Å². The molecule has 0 aromatic heterocycles. The Hall–Kier alpha value is -1.75. The van der Waals surface area contributed by atoms with Crippen LogP contribution in [0.1, 0.15) is 23.2 Å². The molecule has 0 saturated carbocycles. The number of methoxy groups -OCH3 is 1. The van der Waals surface area contributed by atoms with Gasteiger partial charge in [0.1, 0.15) is 11.5 Å². The molecule has 0 bridgehead atoms. The third-order valence-electron chi connectivity index (χ3n) is 3.96. The van der Waals surface area contributed by atoms with E-state index in [1.54, 1.807) is 19.2 Å². The minimum Gasteiger partial charge on any atom is -0.507 e. The molecule has 1 heterocycles. The standard InChI is InChI=1S/C16H24N2O3/c1-17(2)11-12-6-8-18(9-7-12)16(20)14-10-13(21-3)4-5-15(14)19/h4-5,10,12,19H,6-9,11H2,1-3H3. The number of ether oxygens (including phenoxy) is 1. The molecule has 1 aliphatic heterocycles. The van der Waals surface area contributed by atoms with Crippen LogP contribution in [0.5, 0.6) is 11.5 Å². The second-order valence-electron chi connectivity index (χ2n) is 5.88. The van der Waals surface area contributed by atoms with E-state index in [0.717, 1.165) is 32.5 Å². The summed E-state index contributed by atoms with van der Waals surface area (Å²) >= 11 is 0. The fourth-order valence-electron chi connectivity index (χ4n) is 2.82. The first-order valence-corrected chi connectivity index (χ1v) is 7.32. The van der Waals surface area contributed by atoms with Gasteiger partial charge >= 0.3 is 0 Å². The molecular formula is C16H24N2O3. The maximum atomic E-state index is 12.5. The van der Waals surface area contributed by atoms with Crippen LogP contribution < -0.4 is 4.74 Å². The van der Waals surface area contributed by atoms with Gasteiger partial charge in [-0.2, -0.15) is 0 Å². The highest BCUT2D eigenvalue weighted by molar-refractivity contribution is 5.97. The Morgan fingerprint density at radius 2 is 2.05 bits per heavy atom. The van der Waals surface area contributed by atoms with Gasteiger partial charge in [-0.25, -0.2) is 0 Å². The first-order chi connectivity index (χ1) is 10.0. The van der Waals surface area contributed by atoms with Crippen molar-refractivity contribution >= 4 is 5.91 Å². The van der Waals surface area contributed by atoms with Crippen LogP contribution in [0.2, 0.25) is 0 Å². The highest BCUT2D eigenvalue weighted by Crippen LogP contribution is 2.26. The second kappa shape index (κ2) is 6.80. The van der Waals surface area contributed by atoms with Crippen molar-refractivity contribution in [3.8, 4) is 11.5 Å². The summed E-state index contributed by atoms with van der Waals surface area (Å²) < 4.78 is 5.12. The molecule has 0 radical (unpaired) electrons. The summed E-state index contributed by atoms with van der Waals surface area (Å²) in [5, 5.41) is 9.89. The number of aromatic hydroxyl groups is 1. The van der Waals surface area contributed by atoms with Crippen LogP contribution in [-0.2, 0) is 0 Å². The van der Waals surface area contributed by atoms with Crippen molar-refractivity contribution in [1.82, 2.24) is 9.80 Å². The molecule has 21 heavy (non-hydrogen) atoms. The fourth-order valence-corrected chi connectivity index (χ4v) is 2.82. The van der Waals surface area contributed by atoms with Crippen LogP contribution in [0.25, 0.3) is 0 Å². The molecule has 1 N–H and O–H groups in total. The van der Waals surface area contributed by atoms with Gasteiger partial charge in [0.15, 0.2) is 0 Å². The number of likely N-dealkylation sites (tertiary alicyclic amines) is 1. The van der Waals surface area contributed by atoms with E-state index >= 15 is 0 Å². The van der Waals surface area contributed by atoms with Crippen LogP contribution in [0.3, 0.4) is 0 Å². The monoisotopic (exact) mass is 292 g/mol. The molecule has 5 heteroatoms. The van der Waals surface area contributed by atoms with Crippen LogP contribution in [0.15, 0.2) is 18.2 Å². The number of carbonyl (C=O) groups is 1. The molecule has 1 aromatic rings. The molecule has 2 rings (SSSR count). The van der Waals surface area contributed by atoms with E-state index < -0.39 is 0 Å². The van der Waals surface area contributed by atoms with Gasteiger partial charge in [0.05, 0.1) is 12.7 Å². The maximum Gasteiger partial charge on any atom is 0.257 e. The van der Waals surface area contributed by atoms with Crippen molar-refractivity contribution in [2.45, 2.75) is 12.8 Å². The lowest BCUT2D eigenvalue weighted by atomic mass is 9.96. The summed E-state index contributed by atoms with van der Waals surface area (Å²) in [4.78, 5) is 16.5. The van der Waals surface area contributed by atoms with Crippen LogP contribution in [0.4, 0.5) is 0 Å². The number of nitrogens with zero attached hydrogens (tertiary/aromatic N) is 2. The smallest absolute Gasteiger partial charge is 0.257 e. The van der Waals surface area contributed by atoms with Crippen molar-refractivity contribution in [2.24, 2.45) is 5.92 Å². The Bertz CT molecular complexity index is 494. The van der Waals surface area contributed by atoms with Gasteiger partial charge < -0.3 is 19.6 Å². The van der Waals surface area contributed by atoms with Crippen LogP contribution in [-0.4, -0.2) is 61.7 Å². The van der Waals surface area contributed by atoms with Crippen molar-refractivity contribution in [1.29, 1.82) is 0 Å². The summed E-state index contributed by atoms with van der Waals surface area (Å²) in [6, 6.07) is 4.75. The maximum absolute atomic E-state index is 12.5. The molecular weight excluding hydrogens is 268 g/mol. The van der Waals surface area contributed by atoms with Crippen molar-refractivity contribution in [3.63, 3.8) is 0 Å². The minimum atomic E-state index is -0.116. The van der Waals surface area contributed by atoms with Gasteiger partial charge in [0, 0.05) is 19.6 Å². The minimum absolute atomic E-state index is 0.0104. The summed E-state index contributed by atoms with van der Waals surface area (Å²) in [6.45, 7) is 2.55. The summed E-state index contributed by atoms with van der Waals surface area (Å²) in [7, 11) is 5.70. The van der Waals surface area contributed by atoms with E-state index in [-0.39, 0.29) is 11.7 Å². The van der Waals surface area contributed by atoms with E-state index in [4.69, 9.17) is 4.74 Å². The Labute approximate surface area is 126 Å². The van der Waals surface area contributed by atoms with E-state index in [9.17, 15) is 9.90 Å². The summed E-state index contributed by atoms with van der Waals surface area (Å²) in [5.74, 6) is 1.12. The van der Waals surface area contributed by atoms with Crippen molar-refractivity contribution in [3.05, 3.63) is 23.8 Å². The number of amides is 1.